The predicted octanol–water partition coefficient (Wildman–Crippen LogP) is 4.24. The third kappa shape index (κ3) is 2.62. The minimum atomic E-state index is 0.571. The van der Waals surface area contributed by atoms with Crippen LogP contribution in [0.1, 0.15) is 5.56 Å². The zero-order chi connectivity index (χ0) is 13.9. The molecule has 0 N–H and O–H groups in total. The summed E-state index contributed by atoms with van der Waals surface area (Å²) >= 11 is 4.94. The summed E-state index contributed by atoms with van der Waals surface area (Å²) in [7, 11) is 0. The van der Waals surface area contributed by atoms with Gasteiger partial charge in [0.1, 0.15) is 19.3 Å². The van der Waals surface area contributed by atoms with Gasteiger partial charge in [0, 0.05) is 14.3 Å². The van der Waals surface area contributed by atoms with Crippen molar-refractivity contribution in [1.29, 1.82) is 5.26 Å². The molecule has 0 aliphatic carbocycles. The van der Waals surface area contributed by atoms with Crippen LogP contribution in [0.5, 0.6) is 11.5 Å². The van der Waals surface area contributed by atoms with E-state index in [1.54, 1.807) is 0 Å². The molecule has 20 heavy (non-hydrogen) atoms. The van der Waals surface area contributed by atoms with Crippen molar-refractivity contribution in [3.05, 3.63) is 46.4 Å². The number of nitriles is 1. The molecule has 1 aliphatic rings. The highest BCUT2D eigenvalue weighted by atomic mass is 79.9. The van der Waals surface area contributed by atoms with E-state index < -0.39 is 0 Å². The Labute approximate surface area is 129 Å². The molecule has 0 saturated carbocycles. The molecule has 1 heterocycles. The second-order valence-corrected chi connectivity index (χ2v) is 6.10. The number of benzene rings is 2. The highest BCUT2D eigenvalue weighted by molar-refractivity contribution is 9.10. The maximum Gasteiger partial charge on any atom is 0.162 e. The van der Waals surface area contributed by atoms with E-state index in [1.807, 2.05) is 36.4 Å². The molecule has 3 nitrogen and oxygen atoms in total. The van der Waals surface area contributed by atoms with Gasteiger partial charge in [0.2, 0.25) is 0 Å². The lowest BCUT2D eigenvalue weighted by molar-refractivity contribution is 0.171. The van der Waals surface area contributed by atoms with E-state index in [9.17, 15) is 5.26 Å². The van der Waals surface area contributed by atoms with Crippen molar-refractivity contribution in [1.82, 2.24) is 0 Å². The Bertz CT molecular complexity index is 697. The highest BCUT2D eigenvalue weighted by Crippen LogP contribution is 2.38. The topological polar surface area (TPSA) is 42.2 Å². The first kappa shape index (κ1) is 13.3. The largest absolute Gasteiger partial charge is 0.486 e. The molecule has 0 saturated heterocycles. The standard InChI is InChI=1S/C15H10BrNO2S/c16-12-2-1-3-15(11(12)9-17)20-10-4-5-13-14(8-10)19-7-6-18-13/h1-5,8H,6-7H2. The summed E-state index contributed by atoms with van der Waals surface area (Å²) in [6.07, 6.45) is 0. The van der Waals surface area contributed by atoms with Crippen LogP contribution in [0, 0.1) is 11.3 Å². The Balaban J connectivity index is 1.92. The lowest BCUT2D eigenvalue weighted by atomic mass is 10.2. The summed E-state index contributed by atoms with van der Waals surface area (Å²) in [5.41, 5.74) is 0.646. The molecule has 0 radical (unpaired) electrons. The van der Waals surface area contributed by atoms with Crippen LogP contribution in [0.3, 0.4) is 0 Å². The van der Waals surface area contributed by atoms with Gasteiger partial charge in [-0.3, -0.25) is 0 Å². The van der Waals surface area contributed by atoms with Crippen molar-refractivity contribution < 1.29 is 9.47 Å². The van der Waals surface area contributed by atoms with E-state index in [-0.39, 0.29) is 0 Å². The van der Waals surface area contributed by atoms with Gasteiger partial charge in [-0.15, -0.1) is 0 Å². The first-order valence-electron chi connectivity index (χ1n) is 6.04. The van der Waals surface area contributed by atoms with Gasteiger partial charge in [-0.2, -0.15) is 5.26 Å². The fourth-order valence-electron chi connectivity index (χ4n) is 1.91. The van der Waals surface area contributed by atoms with Gasteiger partial charge in [-0.05, 0) is 46.3 Å². The zero-order valence-corrected chi connectivity index (χ0v) is 12.8. The fraction of sp³-hybridized carbons (Fsp3) is 0.133. The summed E-state index contributed by atoms with van der Waals surface area (Å²) in [4.78, 5) is 1.93. The van der Waals surface area contributed by atoms with E-state index in [4.69, 9.17) is 9.47 Å². The number of rotatable bonds is 2. The Morgan fingerprint density at radius 3 is 2.70 bits per heavy atom. The van der Waals surface area contributed by atoms with Gasteiger partial charge in [-0.1, -0.05) is 17.8 Å². The average Bonchev–Trinajstić information content (AvgIpc) is 2.47. The van der Waals surface area contributed by atoms with Crippen LogP contribution in [-0.4, -0.2) is 13.2 Å². The molecule has 0 atom stereocenters. The summed E-state index contributed by atoms with van der Waals surface area (Å²) < 4.78 is 11.9. The van der Waals surface area contributed by atoms with E-state index in [0.29, 0.717) is 18.8 Å². The van der Waals surface area contributed by atoms with Gasteiger partial charge in [0.05, 0.1) is 5.56 Å². The molecule has 0 fully saturated rings. The lowest BCUT2D eigenvalue weighted by Crippen LogP contribution is -2.15. The second kappa shape index (κ2) is 5.78. The monoisotopic (exact) mass is 347 g/mol. The molecule has 1 aliphatic heterocycles. The molecular weight excluding hydrogens is 338 g/mol. The molecule has 0 aromatic heterocycles. The van der Waals surface area contributed by atoms with Crippen LogP contribution in [-0.2, 0) is 0 Å². The number of hydrogen-bond donors (Lipinski definition) is 0. The van der Waals surface area contributed by atoms with E-state index in [2.05, 4.69) is 22.0 Å². The number of halogens is 1. The molecule has 0 bridgehead atoms. The smallest absolute Gasteiger partial charge is 0.162 e. The quantitative estimate of drug-likeness (QED) is 0.814. The maximum absolute atomic E-state index is 9.23. The van der Waals surface area contributed by atoms with Gasteiger partial charge in [0.25, 0.3) is 0 Å². The summed E-state index contributed by atoms with van der Waals surface area (Å²) in [6.45, 7) is 1.16. The van der Waals surface area contributed by atoms with Crippen molar-refractivity contribution in [2.24, 2.45) is 0 Å². The molecule has 3 rings (SSSR count). The Morgan fingerprint density at radius 2 is 1.90 bits per heavy atom. The maximum atomic E-state index is 9.23. The number of hydrogen-bond acceptors (Lipinski definition) is 4. The minimum absolute atomic E-state index is 0.571. The van der Waals surface area contributed by atoms with Crippen molar-refractivity contribution in [3.63, 3.8) is 0 Å². The first-order chi connectivity index (χ1) is 9.78. The van der Waals surface area contributed by atoms with Crippen LogP contribution in [0.2, 0.25) is 0 Å². The summed E-state index contributed by atoms with van der Waals surface area (Å²) in [6, 6.07) is 13.8. The SMILES string of the molecule is N#Cc1c(Br)cccc1Sc1ccc2c(c1)OCCO2. The van der Waals surface area contributed by atoms with Gasteiger partial charge in [0.15, 0.2) is 11.5 Å². The molecule has 100 valence electrons. The van der Waals surface area contributed by atoms with Crippen LogP contribution >= 0.6 is 27.7 Å². The third-order valence-corrected chi connectivity index (χ3v) is 4.54. The van der Waals surface area contributed by atoms with Crippen LogP contribution in [0.4, 0.5) is 0 Å². The molecule has 5 heteroatoms. The second-order valence-electron chi connectivity index (χ2n) is 4.13. The van der Waals surface area contributed by atoms with E-state index >= 15 is 0 Å². The molecule has 2 aromatic carbocycles. The first-order valence-corrected chi connectivity index (χ1v) is 7.65. The van der Waals surface area contributed by atoms with Gasteiger partial charge < -0.3 is 9.47 Å². The van der Waals surface area contributed by atoms with Gasteiger partial charge in [-0.25, -0.2) is 0 Å². The molecule has 0 amide bonds. The zero-order valence-electron chi connectivity index (χ0n) is 10.4. The van der Waals surface area contributed by atoms with Crippen molar-refractivity contribution in [3.8, 4) is 17.6 Å². The molecular formula is C15H10BrNO2S. The van der Waals surface area contributed by atoms with Crippen molar-refractivity contribution in [2.45, 2.75) is 9.79 Å². The Kier molecular flexibility index (Phi) is 3.86. The predicted molar refractivity (Wildman–Crippen MR) is 80.4 cm³/mol. The Hall–Kier alpha value is -1.64. The lowest BCUT2D eigenvalue weighted by Gasteiger charge is -2.18. The molecule has 0 spiro atoms. The van der Waals surface area contributed by atoms with Gasteiger partial charge >= 0.3 is 0 Å². The minimum Gasteiger partial charge on any atom is -0.486 e. The van der Waals surface area contributed by atoms with Crippen LogP contribution in [0.25, 0.3) is 0 Å². The molecule has 2 aromatic rings. The average molecular weight is 348 g/mol. The fourth-order valence-corrected chi connectivity index (χ4v) is 3.46. The van der Waals surface area contributed by atoms with Crippen LogP contribution < -0.4 is 9.47 Å². The highest BCUT2D eigenvalue weighted by Gasteiger charge is 2.13. The number of nitrogens with zero attached hydrogens (tertiary/aromatic N) is 1. The van der Waals surface area contributed by atoms with Crippen LogP contribution in [0.15, 0.2) is 50.7 Å². The Morgan fingerprint density at radius 1 is 1.10 bits per heavy atom. The van der Waals surface area contributed by atoms with E-state index in [0.717, 1.165) is 25.8 Å². The number of fused-ring (bicyclic) bond motifs is 1. The molecule has 0 unspecified atom stereocenters. The summed E-state index contributed by atoms with van der Waals surface area (Å²) in [5, 5.41) is 9.23. The summed E-state index contributed by atoms with van der Waals surface area (Å²) in [5.74, 6) is 1.53. The van der Waals surface area contributed by atoms with Crippen molar-refractivity contribution in [2.75, 3.05) is 13.2 Å². The normalized spacial score (nSPS) is 12.8. The van der Waals surface area contributed by atoms with Crippen molar-refractivity contribution >= 4 is 27.7 Å². The third-order valence-electron chi connectivity index (χ3n) is 2.83. The number of ether oxygens (including phenoxy) is 2. The van der Waals surface area contributed by atoms with E-state index in [1.165, 1.54) is 11.8 Å².